The van der Waals surface area contributed by atoms with Crippen LogP contribution < -0.4 is 0 Å². The van der Waals surface area contributed by atoms with Gasteiger partial charge >= 0.3 is 0 Å². The van der Waals surface area contributed by atoms with Crippen LogP contribution in [0.25, 0.3) is 11.0 Å². The van der Waals surface area contributed by atoms with Gasteiger partial charge in [-0.15, -0.1) is 10.2 Å². The Morgan fingerprint density at radius 2 is 2.00 bits per heavy atom. The Labute approximate surface area is 63.3 Å². The third-order valence-electron chi connectivity index (χ3n) is 1.53. The number of aryl methyl sites for hydroxylation is 1. The van der Waals surface area contributed by atoms with Gasteiger partial charge in [-0.25, -0.2) is 0 Å². The molecule has 2 aromatic heterocycles. The van der Waals surface area contributed by atoms with Crippen molar-refractivity contribution in [1.82, 2.24) is 20.4 Å². The molecule has 0 amide bonds. The van der Waals surface area contributed by atoms with Crippen molar-refractivity contribution in [2.24, 2.45) is 0 Å². The highest BCUT2D eigenvalue weighted by atomic mass is 15.2. The van der Waals surface area contributed by atoms with Crippen molar-refractivity contribution in [2.75, 3.05) is 0 Å². The lowest BCUT2D eigenvalue weighted by molar-refractivity contribution is 0.981. The van der Waals surface area contributed by atoms with Crippen molar-refractivity contribution >= 4 is 11.0 Å². The molecule has 0 aliphatic carbocycles. The van der Waals surface area contributed by atoms with E-state index >= 15 is 0 Å². The van der Waals surface area contributed by atoms with Crippen LogP contribution >= 0.6 is 0 Å². The minimum Gasteiger partial charge on any atom is -0.157 e. The highest BCUT2D eigenvalue weighted by molar-refractivity contribution is 5.76. The predicted octanol–water partition coefficient (Wildman–Crippen LogP) is 0.728. The summed E-state index contributed by atoms with van der Waals surface area (Å²) < 4.78 is 0. The van der Waals surface area contributed by atoms with Gasteiger partial charge in [0, 0.05) is 5.39 Å². The fourth-order valence-corrected chi connectivity index (χ4v) is 0.946. The Hall–Kier alpha value is -1.58. The highest BCUT2D eigenvalue weighted by Crippen LogP contribution is 2.09. The molecule has 0 aliphatic heterocycles. The van der Waals surface area contributed by atoms with Gasteiger partial charge in [0.05, 0.1) is 12.4 Å². The summed E-state index contributed by atoms with van der Waals surface area (Å²) in [6.07, 6.45) is 3.36. The molecule has 0 saturated carbocycles. The van der Waals surface area contributed by atoms with E-state index in [-0.39, 0.29) is 0 Å². The molecular formula is C7H6N4. The van der Waals surface area contributed by atoms with E-state index in [4.69, 9.17) is 0 Å². The van der Waals surface area contributed by atoms with E-state index in [1.54, 1.807) is 12.4 Å². The molecule has 0 aliphatic rings. The number of hydrogen-bond donors (Lipinski definition) is 0. The van der Waals surface area contributed by atoms with Gasteiger partial charge < -0.3 is 0 Å². The molecule has 0 atom stereocenters. The molecule has 0 bridgehead atoms. The summed E-state index contributed by atoms with van der Waals surface area (Å²) in [5, 5.41) is 16.1. The van der Waals surface area contributed by atoms with Gasteiger partial charge in [0.1, 0.15) is 0 Å². The molecule has 0 N–H and O–H groups in total. The van der Waals surface area contributed by atoms with Crippen molar-refractivity contribution < 1.29 is 0 Å². The third-order valence-corrected chi connectivity index (χ3v) is 1.53. The van der Waals surface area contributed by atoms with Gasteiger partial charge in [-0.3, -0.25) is 0 Å². The van der Waals surface area contributed by atoms with Crippen LogP contribution in [0.4, 0.5) is 0 Å². The number of hydrogen-bond acceptors (Lipinski definition) is 4. The number of rotatable bonds is 0. The van der Waals surface area contributed by atoms with E-state index < -0.39 is 0 Å². The Kier molecular flexibility index (Phi) is 1.25. The maximum Gasteiger partial charge on any atom is 0.203 e. The van der Waals surface area contributed by atoms with Crippen LogP contribution in [0, 0.1) is 6.92 Å². The minimum atomic E-state index is 0.604. The number of aromatic nitrogens is 4. The first kappa shape index (κ1) is 6.15. The molecule has 11 heavy (non-hydrogen) atoms. The zero-order chi connectivity index (χ0) is 7.68. The van der Waals surface area contributed by atoms with Crippen LogP contribution in [-0.2, 0) is 0 Å². The molecule has 0 saturated heterocycles. The van der Waals surface area contributed by atoms with Crippen molar-refractivity contribution in [1.29, 1.82) is 0 Å². The Balaban J connectivity index is 2.91. The molecule has 0 radical (unpaired) electrons. The standard InChI is InChI=1S/C7H6N4/c1-5-4-9-11-7-6(5)2-3-8-10-7/h2-4H,1H3. The molecule has 4 nitrogen and oxygen atoms in total. The zero-order valence-corrected chi connectivity index (χ0v) is 6.02. The monoisotopic (exact) mass is 146 g/mol. The molecule has 2 aromatic rings. The normalized spacial score (nSPS) is 10.3. The second kappa shape index (κ2) is 2.23. The van der Waals surface area contributed by atoms with E-state index in [9.17, 15) is 0 Å². The van der Waals surface area contributed by atoms with Crippen LogP contribution in [0.3, 0.4) is 0 Å². The van der Waals surface area contributed by atoms with Crippen LogP contribution in [-0.4, -0.2) is 20.4 Å². The van der Waals surface area contributed by atoms with E-state index in [2.05, 4.69) is 20.4 Å². The maximum absolute atomic E-state index is 3.82. The summed E-state index contributed by atoms with van der Waals surface area (Å²) in [6.45, 7) is 1.97. The summed E-state index contributed by atoms with van der Waals surface area (Å²) in [4.78, 5) is 0. The lowest BCUT2D eigenvalue weighted by Gasteiger charge is -1.94. The Morgan fingerprint density at radius 1 is 1.18 bits per heavy atom. The van der Waals surface area contributed by atoms with E-state index in [1.807, 2.05) is 13.0 Å². The predicted molar refractivity (Wildman–Crippen MR) is 39.9 cm³/mol. The first-order chi connectivity index (χ1) is 5.38. The van der Waals surface area contributed by atoms with Crippen molar-refractivity contribution in [3.63, 3.8) is 0 Å². The second-order valence-electron chi connectivity index (χ2n) is 2.30. The fraction of sp³-hybridized carbons (Fsp3) is 0.143. The average Bonchev–Trinajstić information content (AvgIpc) is 2.06. The number of nitrogens with zero attached hydrogens (tertiary/aromatic N) is 4. The van der Waals surface area contributed by atoms with Gasteiger partial charge in [0.25, 0.3) is 0 Å². The first-order valence-corrected chi connectivity index (χ1v) is 3.27. The Morgan fingerprint density at radius 3 is 2.82 bits per heavy atom. The van der Waals surface area contributed by atoms with Gasteiger partial charge in [0.2, 0.25) is 5.65 Å². The number of fused-ring (bicyclic) bond motifs is 1. The molecule has 0 spiro atoms. The quantitative estimate of drug-likeness (QED) is 0.549. The lowest BCUT2D eigenvalue weighted by atomic mass is 10.2. The molecule has 54 valence electrons. The summed E-state index contributed by atoms with van der Waals surface area (Å²) in [6, 6.07) is 1.88. The lowest BCUT2D eigenvalue weighted by Crippen LogP contribution is -1.90. The SMILES string of the molecule is Cc1cnnc2nnccc12. The van der Waals surface area contributed by atoms with Crippen LogP contribution in [0.1, 0.15) is 5.56 Å². The largest absolute Gasteiger partial charge is 0.203 e. The van der Waals surface area contributed by atoms with E-state index in [0.29, 0.717) is 5.65 Å². The molecule has 0 unspecified atom stereocenters. The summed E-state index contributed by atoms with van der Waals surface area (Å²) in [5.74, 6) is 0. The average molecular weight is 146 g/mol. The van der Waals surface area contributed by atoms with Crippen LogP contribution in [0.15, 0.2) is 18.5 Å². The topological polar surface area (TPSA) is 51.6 Å². The van der Waals surface area contributed by atoms with Gasteiger partial charge in [-0.05, 0) is 18.6 Å². The summed E-state index contributed by atoms with van der Waals surface area (Å²) >= 11 is 0. The van der Waals surface area contributed by atoms with Crippen molar-refractivity contribution in [2.45, 2.75) is 6.92 Å². The summed E-state index contributed by atoms with van der Waals surface area (Å²) in [5.41, 5.74) is 1.68. The van der Waals surface area contributed by atoms with E-state index in [0.717, 1.165) is 10.9 Å². The molecule has 0 fully saturated rings. The second-order valence-corrected chi connectivity index (χ2v) is 2.30. The van der Waals surface area contributed by atoms with Crippen molar-refractivity contribution in [3.05, 3.63) is 24.0 Å². The molecule has 4 heteroatoms. The zero-order valence-electron chi connectivity index (χ0n) is 6.02. The summed E-state index contributed by atoms with van der Waals surface area (Å²) in [7, 11) is 0. The molecule has 2 heterocycles. The van der Waals surface area contributed by atoms with Crippen LogP contribution in [0.5, 0.6) is 0 Å². The molecule has 0 aromatic carbocycles. The first-order valence-electron chi connectivity index (χ1n) is 3.27. The Bertz CT molecular complexity index is 380. The van der Waals surface area contributed by atoms with Crippen molar-refractivity contribution in [3.8, 4) is 0 Å². The highest BCUT2D eigenvalue weighted by Gasteiger charge is 1.97. The van der Waals surface area contributed by atoms with Gasteiger partial charge in [-0.2, -0.15) is 10.2 Å². The minimum absolute atomic E-state index is 0.604. The molecular weight excluding hydrogens is 140 g/mol. The smallest absolute Gasteiger partial charge is 0.157 e. The molecule has 2 rings (SSSR count). The third kappa shape index (κ3) is 0.920. The fourth-order valence-electron chi connectivity index (χ4n) is 0.946. The van der Waals surface area contributed by atoms with Gasteiger partial charge in [-0.1, -0.05) is 0 Å². The van der Waals surface area contributed by atoms with E-state index in [1.165, 1.54) is 0 Å². The maximum atomic E-state index is 3.82. The van der Waals surface area contributed by atoms with Gasteiger partial charge in [0.15, 0.2) is 0 Å². The van der Waals surface area contributed by atoms with Crippen LogP contribution in [0.2, 0.25) is 0 Å².